The number of fused-ring (bicyclic) bond motifs is 1. The SMILES string of the molecule is O=P(O)(O)[C@@](CO)(COCc1nn[nH]n1)OC[C@H]1O[C@@H](n2ncc3c(NCC4CCC4)nc(Cl)nc32)[C@H](O)[C@@H]1O. The Morgan fingerprint density at radius 2 is 2.08 bits per heavy atom. The van der Waals surface area contributed by atoms with Crippen LogP contribution in [0.25, 0.3) is 11.0 Å². The Morgan fingerprint density at radius 3 is 2.73 bits per heavy atom. The fraction of sp³-hybridized carbons (Fsp3) is 0.700. The highest BCUT2D eigenvalue weighted by Crippen LogP contribution is 2.51. The van der Waals surface area contributed by atoms with Crippen LogP contribution in [0, 0.1) is 5.92 Å². The molecular weight excluding hydrogens is 577 g/mol. The van der Waals surface area contributed by atoms with E-state index in [-0.39, 0.29) is 23.4 Å². The summed E-state index contributed by atoms with van der Waals surface area (Å²) in [6.45, 7) is -2.09. The normalized spacial score (nSPS) is 25.2. The van der Waals surface area contributed by atoms with Gasteiger partial charge in [0.15, 0.2) is 17.7 Å². The molecule has 0 radical (unpaired) electrons. The van der Waals surface area contributed by atoms with Gasteiger partial charge in [0.2, 0.25) is 10.6 Å². The van der Waals surface area contributed by atoms with Crippen molar-refractivity contribution < 1.29 is 43.9 Å². The van der Waals surface area contributed by atoms with E-state index in [0.29, 0.717) is 23.7 Å². The van der Waals surface area contributed by atoms with Crippen molar-refractivity contribution in [3.05, 3.63) is 17.3 Å². The van der Waals surface area contributed by atoms with Crippen LogP contribution in [-0.2, 0) is 25.4 Å². The quantitative estimate of drug-likeness (QED) is 0.0903. The smallest absolute Gasteiger partial charge is 0.361 e. The standard InChI is InChI=1S/C20H29ClN9O9P/c21-19-24-16(22-4-10-2-1-3-10)11-5-23-30(17(11)25-19)18-15(33)14(32)12(39-18)6-38-20(8-31,40(34,35)36)9-37-7-13-26-28-29-27-13/h5,10,12,14-15,18,31-33H,1-4,6-9H2,(H,22,24,25)(H2,34,35,36)(H,26,27,28,29)/t12-,14-,15-,18-,20+/m1/s1. The zero-order chi connectivity index (χ0) is 28.5. The van der Waals surface area contributed by atoms with E-state index < -0.39 is 57.3 Å². The summed E-state index contributed by atoms with van der Waals surface area (Å²) in [5.41, 5.74) is 0.240. The number of aliphatic hydroxyl groups excluding tert-OH is 3. The molecule has 0 unspecified atom stereocenters. The van der Waals surface area contributed by atoms with E-state index in [1.54, 1.807) is 0 Å². The molecule has 0 spiro atoms. The van der Waals surface area contributed by atoms with Crippen LogP contribution in [0.3, 0.4) is 0 Å². The Bertz CT molecular complexity index is 1340. The van der Waals surface area contributed by atoms with Gasteiger partial charge in [0.1, 0.15) is 30.7 Å². The van der Waals surface area contributed by atoms with Crippen molar-refractivity contribution in [2.45, 2.75) is 55.8 Å². The number of hydrogen-bond acceptors (Lipinski definition) is 14. The van der Waals surface area contributed by atoms with Gasteiger partial charge in [-0.3, -0.25) is 4.57 Å². The lowest BCUT2D eigenvalue weighted by molar-refractivity contribution is -0.131. The van der Waals surface area contributed by atoms with Gasteiger partial charge >= 0.3 is 7.60 Å². The second kappa shape index (κ2) is 11.8. The van der Waals surface area contributed by atoms with Gasteiger partial charge in [-0.1, -0.05) is 11.6 Å². The first kappa shape index (κ1) is 29.1. The number of ether oxygens (including phenoxy) is 3. The van der Waals surface area contributed by atoms with Gasteiger partial charge in [0.25, 0.3) is 0 Å². The van der Waals surface area contributed by atoms with Crippen LogP contribution in [-0.4, -0.2) is 115 Å². The maximum Gasteiger partial charge on any atom is 0.361 e. The molecule has 20 heteroatoms. The molecular formula is C20H29ClN9O9P. The summed E-state index contributed by atoms with van der Waals surface area (Å²) in [6.07, 6.45) is -0.676. The molecule has 4 heterocycles. The summed E-state index contributed by atoms with van der Waals surface area (Å²) >= 11 is 6.15. The van der Waals surface area contributed by atoms with Crippen LogP contribution >= 0.6 is 19.2 Å². The Hall–Kier alpha value is -2.38. The van der Waals surface area contributed by atoms with Crippen LogP contribution < -0.4 is 5.32 Å². The van der Waals surface area contributed by atoms with E-state index in [4.69, 9.17) is 25.8 Å². The average molecular weight is 606 g/mol. The first-order valence-electron chi connectivity index (χ1n) is 12.4. The van der Waals surface area contributed by atoms with Crippen molar-refractivity contribution in [2.75, 3.05) is 31.7 Å². The predicted octanol–water partition coefficient (Wildman–Crippen LogP) is -1.08. The van der Waals surface area contributed by atoms with E-state index >= 15 is 0 Å². The largest absolute Gasteiger partial charge is 0.393 e. The first-order chi connectivity index (χ1) is 19.1. The molecule has 1 saturated heterocycles. The van der Waals surface area contributed by atoms with E-state index in [9.17, 15) is 29.7 Å². The molecule has 5 atom stereocenters. The minimum Gasteiger partial charge on any atom is -0.393 e. The Balaban J connectivity index is 1.29. The number of nitrogens with one attached hydrogen (secondary N) is 2. The molecule has 220 valence electrons. The van der Waals surface area contributed by atoms with Crippen molar-refractivity contribution in [3.63, 3.8) is 0 Å². The molecule has 0 bridgehead atoms. The fourth-order valence-electron chi connectivity index (χ4n) is 4.40. The van der Waals surface area contributed by atoms with Gasteiger partial charge in [0, 0.05) is 6.54 Å². The zero-order valence-electron chi connectivity index (χ0n) is 20.9. The third kappa shape index (κ3) is 5.82. The van der Waals surface area contributed by atoms with E-state index in [2.05, 4.69) is 41.0 Å². The number of tetrazole rings is 1. The lowest BCUT2D eigenvalue weighted by Gasteiger charge is -2.33. The second-order valence-corrected chi connectivity index (χ2v) is 11.9. The highest BCUT2D eigenvalue weighted by Gasteiger charge is 2.51. The van der Waals surface area contributed by atoms with Crippen molar-refractivity contribution in [3.8, 4) is 0 Å². The Kier molecular flexibility index (Phi) is 8.63. The molecule has 40 heavy (non-hydrogen) atoms. The Labute approximate surface area is 231 Å². The summed E-state index contributed by atoms with van der Waals surface area (Å²) in [6, 6.07) is 0. The average Bonchev–Trinajstić information content (AvgIpc) is 3.61. The van der Waals surface area contributed by atoms with Crippen molar-refractivity contribution in [1.82, 2.24) is 40.4 Å². The predicted molar refractivity (Wildman–Crippen MR) is 134 cm³/mol. The summed E-state index contributed by atoms with van der Waals surface area (Å²) < 4.78 is 30.0. The summed E-state index contributed by atoms with van der Waals surface area (Å²) in [4.78, 5) is 28.3. The number of hydrogen-bond donors (Lipinski definition) is 7. The van der Waals surface area contributed by atoms with Crippen molar-refractivity contribution in [1.29, 1.82) is 0 Å². The highest BCUT2D eigenvalue weighted by atomic mass is 35.5. The molecule has 3 aromatic rings. The van der Waals surface area contributed by atoms with Gasteiger partial charge in [0.05, 0.1) is 31.4 Å². The van der Waals surface area contributed by atoms with Gasteiger partial charge in [-0.05, 0) is 30.4 Å². The molecule has 2 fully saturated rings. The molecule has 0 amide bonds. The highest BCUT2D eigenvalue weighted by molar-refractivity contribution is 7.53. The second-order valence-electron chi connectivity index (χ2n) is 9.67. The van der Waals surface area contributed by atoms with Crippen molar-refractivity contribution in [2.24, 2.45) is 5.92 Å². The number of halogens is 1. The molecule has 1 aliphatic heterocycles. The minimum atomic E-state index is -5.14. The lowest BCUT2D eigenvalue weighted by Crippen LogP contribution is -2.45. The lowest BCUT2D eigenvalue weighted by atomic mass is 9.85. The van der Waals surface area contributed by atoms with E-state index in [1.165, 1.54) is 17.3 Å². The number of aromatic nitrogens is 8. The first-order valence-corrected chi connectivity index (χ1v) is 14.4. The van der Waals surface area contributed by atoms with Crippen LogP contribution in [0.2, 0.25) is 5.28 Å². The van der Waals surface area contributed by atoms with Crippen LogP contribution in [0.5, 0.6) is 0 Å². The van der Waals surface area contributed by atoms with Gasteiger partial charge in [-0.15, -0.1) is 10.2 Å². The maximum absolute atomic E-state index is 12.3. The van der Waals surface area contributed by atoms with Crippen molar-refractivity contribution >= 4 is 36.0 Å². The number of anilines is 1. The Morgan fingerprint density at radius 1 is 1.27 bits per heavy atom. The van der Waals surface area contributed by atoms with Gasteiger partial charge in [-0.2, -0.15) is 20.3 Å². The molecule has 0 aromatic carbocycles. The maximum atomic E-state index is 12.3. The number of rotatable bonds is 13. The van der Waals surface area contributed by atoms with Gasteiger partial charge < -0.3 is 44.6 Å². The third-order valence-corrected chi connectivity index (χ3v) is 8.66. The molecule has 5 rings (SSSR count). The molecule has 7 N–H and O–H groups in total. The third-order valence-electron chi connectivity index (χ3n) is 7.03. The fourth-order valence-corrected chi connectivity index (χ4v) is 5.25. The van der Waals surface area contributed by atoms with E-state index in [0.717, 1.165) is 12.8 Å². The van der Waals surface area contributed by atoms with Gasteiger partial charge in [-0.25, -0.2) is 4.68 Å². The summed E-state index contributed by atoms with van der Waals surface area (Å²) in [5.74, 6) is 1.12. The summed E-state index contributed by atoms with van der Waals surface area (Å²) in [5, 5.41) is 49.7. The monoisotopic (exact) mass is 605 g/mol. The topological polar surface area (TPSA) is 256 Å². The van der Waals surface area contributed by atoms with E-state index in [1.807, 2.05) is 0 Å². The number of aliphatic hydroxyl groups is 3. The van der Waals surface area contributed by atoms with Crippen LogP contribution in [0.15, 0.2) is 6.20 Å². The number of aromatic amines is 1. The molecule has 1 saturated carbocycles. The molecule has 18 nitrogen and oxygen atoms in total. The minimum absolute atomic E-state index is 0.0616. The number of nitrogens with zero attached hydrogens (tertiary/aromatic N) is 7. The van der Waals surface area contributed by atoms with Crippen LogP contribution in [0.1, 0.15) is 31.3 Å². The molecule has 1 aliphatic carbocycles. The summed E-state index contributed by atoms with van der Waals surface area (Å²) in [7, 11) is -5.14. The number of H-pyrrole nitrogens is 1. The zero-order valence-corrected chi connectivity index (χ0v) is 22.6. The van der Waals surface area contributed by atoms with Crippen LogP contribution in [0.4, 0.5) is 5.82 Å². The molecule has 2 aliphatic rings. The molecule has 3 aromatic heterocycles.